The number of carboxylic acids is 1. The molecule has 206 valence electrons. The molecule has 7 heteroatoms. The van der Waals surface area contributed by atoms with Gasteiger partial charge in [-0.15, -0.1) is 0 Å². The standard InChI is InChI=1S/C32H36FNO4S/c1-3-5-7-9-31(34-23-27-18-21-30(33)29(22-27)32(35)36)39(37,38)28-19-16-26(17-20-28)15-14-25-12-10-24(11-13-25)8-6-4-2/h10-13,16-22,31,34H,3-9,23H2,1-2H3,(H,35,36). The summed E-state index contributed by atoms with van der Waals surface area (Å²) in [5.74, 6) is 4.04. The Kier molecular flexibility index (Phi) is 11.3. The summed E-state index contributed by atoms with van der Waals surface area (Å²) in [4.78, 5) is 11.5. The Morgan fingerprint density at radius 1 is 0.872 bits per heavy atom. The zero-order valence-corrected chi connectivity index (χ0v) is 23.4. The molecule has 0 spiro atoms. The van der Waals surface area contributed by atoms with Crippen LogP contribution in [0.4, 0.5) is 4.39 Å². The molecule has 5 nitrogen and oxygen atoms in total. The normalized spacial score (nSPS) is 12.0. The number of nitrogens with one attached hydrogen (secondary N) is 1. The molecule has 1 atom stereocenters. The minimum atomic E-state index is -3.73. The first-order valence-corrected chi connectivity index (χ1v) is 15.0. The van der Waals surface area contributed by atoms with Crippen molar-refractivity contribution in [1.29, 1.82) is 0 Å². The molecule has 0 bridgehead atoms. The molecule has 0 aliphatic heterocycles. The van der Waals surface area contributed by atoms with Crippen LogP contribution in [-0.2, 0) is 22.8 Å². The summed E-state index contributed by atoms with van der Waals surface area (Å²) >= 11 is 0. The Hall–Kier alpha value is -3.47. The molecule has 0 aromatic heterocycles. The van der Waals surface area contributed by atoms with E-state index in [2.05, 4.69) is 36.2 Å². The fourth-order valence-electron chi connectivity index (χ4n) is 4.20. The van der Waals surface area contributed by atoms with Gasteiger partial charge in [-0.1, -0.05) is 69.6 Å². The highest BCUT2D eigenvalue weighted by molar-refractivity contribution is 7.92. The third-order valence-corrected chi connectivity index (χ3v) is 8.63. The van der Waals surface area contributed by atoms with E-state index in [1.165, 1.54) is 17.7 Å². The molecule has 0 fully saturated rings. The van der Waals surface area contributed by atoms with Crippen LogP contribution in [0.2, 0.25) is 0 Å². The fourth-order valence-corrected chi connectivity index (χ4v) is 5.82. The van der Waals surface area contributed by atoms with Gasteiger partial charge >= 0.3 is 5.97 Å². The first-order chi connectivity index (χ1) is 18.7. The van der Waals surface area contributed by atoms with Gasteiger partial charge in [-0.3, -0.25) is 5.32 Å². The molecule has 39 heavy (non-hydrogen) atoms. The van der Waals surface area contributed by atoms with Crippen LogP contribution < -0.4 is 5.32 Å². The van der Waals surface area contributed by atoms with E-state index in [1.54, 1.807) is 24.3 Å². The summed E-state index contributed by atoms with van der Waals surface area (Å²) in [5.41, 5.74) is 2.96. The average Bonchev–Trinajstić information content (AvgIpc) is 2.94. The molecule has 1 unspecified atom stereocenters. The Bertz CT molecular complexity index is 1410. The van der Waals surface area contributed by atoms with Gasteiger partial charge in [0.25, 0.3) is 0 Å². The van der Waals surface area contributed by atoms with Crippen molar-refractivity contribution in [2.75, 3.05) is 0 Å². The Balaban J connectivity index is 1.74. The monoisotopic (exact) mass is 549 g/mol. The van der Waals surface area contributed by atoms with E-state index in [0.29, 0.717) is 17.5 Å². The average molecular weight is 550 g/mol. The van der Waals surface area contributed by atoms with Crippen LogP contribution in [0.1, 0.15) is 85.0 Å². The maximum Gasteiger partial charge on any atom is 0.338 e. The van der Waals surface area contributed by atoms with E-state index in [-0.39, 0.29) is 11.4 Å². The number of hydrogen-bond acceptors (Lipinski definition) is 4. The largest absolute Gasteiger partial charge is 0.478 e. The van der Waals surface area contributed by atoms with Gasteiger partial charge in [-0.2, -0.15) is 0 Å². The number of aryl methyl sites for hydroxylation is 1. The lowest BCUT2D eigenvalue weighted by Gasteiger charge is -2.20. The Morgan fingerprint density at radius 2 is 1.46 bits per heavy atom. The lowest BCUT2D eigenvalue weighted by Crippen LogP contribution is -2.36. The number of carboxylic acid groups (broad SMARTS) is 1. The second-order valence-electron chi connectivity index (χ2n) is 9.60. The fraction of sp³-hybridized carbons (Fsp3) is 0.344. The van der Waals surface area contributed by atoms with Crippen molar-refractivity contribution in [3.8, 4) is 11.8 Å². The Morgan fingerprint density at radius 3 is 2.05 bits per heavy atom. The number of halogens is 1. The number of carbonyl (C=O) groups is 1. The highest BCUT2D eigenvalue weighted by atomic mass is 32.2. The van der Waals surface area contributed by atoms with Crippen molar-refractivity contribution in [2.45, 2.75) is 75.6 Å². The van der Waals surface area contributed by atoms with Gasteiger partial charge in [-0.05, 0) is 78.9 Å². The molecular formula is C32H36FNO4S. The SMILES string of the molecule is CCCCCC(NCc1ccc(F)c(C(=O)O)c1)S(=O)(=O)c1ccc(C#Cc2ccc(CCCC)cc2)cc1. The van der Waals surface area contributed by atoms with E-state index in [0.717, 1.165) is 50.2 Å². The molecule has 0 aliphatic carbocycles. The predicted octanol–water partition coefficient (Wildman–Crippen LogP) is 6.74. The smallest absolute Gasteiger partial charge is 0.338 e. The van der Waals surface area contributed by atoms with Gasteiger partial charge in [-0.25, -0.2) is 17.6 Å². The first kappa shape index (κ1) is 30.1. The van der Waals surface area contributed by atoms with Gasteiger partial charge < -0.3 is 5.11 Å². The minimum absolute atomic E-state index is 0.0946. The zero-order chi connectivity index (χ0) is 28.3. The molecule has 3 aromatic rings. The maximum atomic E-state index is 13.8. The summed E-state index contributed by atoms with van der Waals surface area (Å²) in [6.07, 6.45) is 6.33. The molecule has 3 aromatic carbocycles. The van der Waals surface area contributed by atoms with Crippen molar-refractivity contribution >= 4 is 15.8 Å². The zero-order valence-electron chi connectivity index (χ0n) is 22.5. The molecule has 3 rings (SSSR count). The number of unbranched alkanes of at least 4 members (excludes halogenated alkanes) is 3. The second kappa shape index (κ2) is 14.6. The second-order valence-corrected chi connectivity index (χ2v) is 11.7. The maximum absolute atomic E-state index is 13.8. The molecule has 0 heterocycles. The molecule has 0 saturated carbocycles. The number of hydrogen-bond donors (Lipinski definition) is 2. The van der Waals surface area contributed by atoms with Gasteiger partial charge in [0.1, 0.15) is 11.2 Å². The number of aromatic carboxylic acids is 1. The minimum Gasteiger partial charge on any atom is -0.478 e. The van der Waals surface area contributed by atoms with Gasteiger partial charge in [0.15, 0.2) is 9.84 Å². The highest BCUT2D eigenvalue weighted by Gasteiger charge is 2.27. The van der Waals surface area contributed by atoms with Crippen LogP contribution in [0.25, 0.3) is 0 Å². The third kappa shape index (κ3) is 8.77. The topological polar surface area (TPSA) is 83.5 Å². The van der Waals surface area contributed by atoms with E-state index < -0.39 is 32.6 Å². The summed E-state index contributed by atoms with van der Waals surface area (Å²) < 4.78 is 40.8. The van der Waals surface area contributed by atoms with Crippen molar-refractivity contribution in [3.05, 3.63) is 100 Å². The van der Waals surface area contributed by atoms with Crippen molar-refractivity contribution in [2.24, 2.45) is 0 Å². The first-order valence-electron chi connectivity index (χ1n) is 13.4. The van der Waals surface area contributed by atoms with E-state index >= 15 is 0 Å². The van der Waals surface area contributed by atoms with E-state index in [4.69, 9.17) is 0 Å². The molecule has 2 N–H and O–H groups in total. The predicted molar refractivity (Wildman–Crippen MR) is 153 cm³/mol. The van der Waals surface area contributed by atoms with Gasteiger partial charge in [0, 0.05) is 17.7 Å². The number of sulfone groups is 1. The van der Waals surface area contributed by atoms with Crippen LogP contribution in [0, 0.1) is 17.7 Å². The Labute approximate surface area is 231 Å². The quantitative estimate of drug-likeness (QED) is 0.182. The van der Waals surface area contributed by atoms with Crippen molar-refractivity contribution in [3.63, 3.8) is 0 Å². The molecule has 0 aliphatic rings. The lowest BCUT2D eigenvalue weighted by molar-refractivity contribution is 0.0691. The molecule has 0 amide bonds. The van der Waals surface area contributed by atoms with Crippen LogP contribution in [-0.4, -0.2) is 24.9 Å². The molecule has 0 saturated heterocycles. The summed E-state index contributed by atoms with van der Waals surface area (Å²) in [6, 6.07) is 18.5. The van der Waals surface area contributed by atoms with Crippen molar-refractivity contribution < 1.29 is 22.7 Å². The molecular weight excluding hydrogens is 513 g/mol. The van der Waals surface area contributed by atoms with Crippen LogP contribution in [0.5, 0.6) is 0 Å². The van der Waals surface area contributed by atoms with Crippen molar-refractivity contribution in [1.82, 2.24) is 5.32 Å². The molecule has 0 radical (unpaired) electrons. The lowest BCUT2D eigenvalue weighted by atomic mass is 10.1. The highest BCUT2D eigenvalue weighted by Crippen LogP contribution is 2.21. The summed E-state index contributed by atoms with van der Waals surface area (Å²) in [5, 5.41) is 11.4. The van der Waals surface area contributed by atoms with Crippen LogP contribution in [0.15, 0.2) is 71.6 Å². The van der Waals surface area contributed by atoms with E-state index in [1.807, 2.05) is 19.1 Å². The van der Waals surface area contributed by atoms with Gasteiger partial charge in [0.05, 0.1) is 10.5 Å². The number of rotatable bonds is 13. The van der Waals surface area contributed by atoms with Crippen LogP contribution in [0.3, 0.4) is 0 Å². The van der Waals surface area contributed by atoms with Gasteiger partial charge in [0.2, 0.25) is 0 Å². The van der Waals surface area contributed by atoms with Crippen LogP contribution >= 0.6 is 0 Å². The number of benzene rings is 3. The summed E-state index contributed by atoms with van der Waals surface area (Å²) in [7, 11) is -3.73. The summed E-state index contributed by atoms with van der Waals surface area (Å²) in [6.45, 7) is 4.31. The third-order valence-electron chi connectivity index (χ3n) is 6.55. The van der Waals surface area contributed by atoms with E-state index in [9.17, 15) is 22.7 Å².